The summed E-state index contributed by atoms with van der Waals surface area (Å²) in [4.78, 5) is 11.1. The Bertz CT molecular complexity index is 318. The Morgan fingerprint density at radius 1 is 1.55 bits per heavy atom. The minimum atomic E-state index is -0.529. The number of thiocarbonyl (C=S) groups is 1. The van der Waals surface area contributed by atoms with Crippen molar-refractivity contribution in [1.29, 1.82) is 0 Å². The molecule has 1 aromatic rings. The van der Waals surface area contributed by atoms with E-state index in [1.807, 2.05) is 0 Å². The van der Waals surface area contributed by atoms with E-state index in [2.05, 4.69) is 12.2 Å². The second-order valence-electron chi connectivity index (χ2n) is 1.95. The van der Waals surface area contributed by atoms with E-state index in [0.29, 0.717) is 0 Å². The Morgan fingerprint density at radius 3 is 2.82 bits per heavy atom. The summed E-state index contributed by atoms with van der Waals surface area (Å²) in [7, 11) is 0. The number of hydrogen-bond donors (Lipinski definition) is 0. The number of nitrogens with zero attached hydrogens (tertiary/aromatic N) is 1. The van der Waals surface area contributed by atoms with Gasteiger partial charge >= 0.3 is 0 Å². The maximum absolute atomic E-state index is 11.0. The van der Waals surface area contributed by atoms with E-state index >= 15 is 0 Å². The van der Waals surface area contributed by atoms with Crippen LogP contribution in [-0.2, 0) is 5.11 Å². The molecule has 1 aromatic heterocycles. The summed E-state index contributed by atoms with van der Waals surface area (Å²) in [6.07, 6.45) is 1.49. The van der Waals surface area contributed by atoms with Crippen LogP contribution in [0.25, 0.3) is 0 Å². The third kappa shape index (κ3) is 1.72. The Hall–Kier alpha value is -1.00. The molecule has 0 unspecified atom stereocenters. The molecule has 0 spiro atoms. The molecule has 0 atom stereocenters. The molecule has 4 heteroatoms. The first-order chi connectivity index (χ1) is 5.25. The third-order valence-corrected chi connectivity index (χ3v) is 1.53. The molecule has 0 amide bonds. The van der Waals surface area contributed by atoms with E-state index in [4.69, 9.17) is 0 Å². The van der Waals surface area contributed by atoms with Crippen molar-refractivity contribution < 1.29 is 5.11 Å². The van der Waals surface area contributed by atoms with Crippen molar-refractivity contribution in [3.63, 3.8) is 0 Å². The third-order valence-electron chi connectivity index (χ3n) is 1.21. The second kappa shape index (κ2) is 3.41. The van der Waals surface area contributed by atoms with Crippen molar-refractivity contribution in [2.75, 3.05) is 6.61 Å². The summed E-state index contributed by atoms with van der Waals surface area (Å²) in [6, 6.07) is 4.62. The normalized spacial score (nSPS) is 9.55. The van der Waals surface area contributed by atoms with Gasteiger partial charge < -0.3 is 0 Å². The van der Waals surface area contributed by atoms with Crippen LogP contribution in [0, 0.1) is 0 Å². The van der Waals surface area contributed by atoms with Gasteiger partial charge in [0.15, 0.2) is 0 Å². The van der Waals surface area contributed by atoms with E-state index in [0.717, 1.165) is 0 Å². The highest BCUT2D eigenvalue weighted by molar-refractivity contribution is 7.80. The standard InChI is InChI=1S/C7H6NO2S/c9-5-7(11)8-4-2-1-3-6(8)10/h1-4H,5H2. The van der Waals surface area contributed by atoms with E-state index in [1.54, 1.807) is 12.1 Å². The Kier molecular flexibility index (Phi) is 2.51. The fraction of sp³-hybridized carbons (Fsp3) is 0.143. The molecule has 0 saturated carbocycles. The molecule has 0 aromatic carbocycles. The Labute approximate surface area is 68.9 Å². The summed E-state index contributed by atoms with van der Waals surface area (Å²) in [6.45, 7) is -0.529. The first kappa shape index (κ1) is 8.10. The smallest absolute Gasteiger partial charge is 0.255 e. The van der Waals surface area contributed by atoms with Gasteiger partial charge in [-0.25, -0.2) is 5.11 Å². The predicted molar refractivity (Wildman–Crippen MR) is 44.3 cm³/mol. The summed E-state index contributed by atoms with van der Waals surface area (Å²) in [5.41, 5.74) is -0.256. The molecule has 11 heavy (non-hydrogen) atoms. The maximum Gasteiger partial charge on any atom is 0.255 e. The molecule has 0 fully saturated rings. The Morgan fingerprint density at radius 2 is 2.27 bits per heavy atom. The lowest BCUT2D eigenvalue weighted by atomic mass is 10.5. The predicted octanol–water partition coefficient (Wildman–Crippen LogP) is 0.454. The van der Waals surface area contributed by atoms with Crippen LogP contribution in [-0.4, -0.2) is 16.2 Å². The van der Waals surface area contributed by atoms with E-state index in [1.165, 1.54) is 16.8 Å². The number of rotatable bonds is 1. The molecule has 57 valence electrons. The highest BCUT2D eigenvalue weighted by atomic mass is 32.1. The van der Waals surface area contributed by atoms with Gasteiger partial charge in [0.2, 0.25) is 0 Å². The topological polar surface area (TPSA) is 41.9 Å². The van der Waals surface area contributed by atoms with E-state index in [9.17, 15) is 9.90 Å². The summed E-state index contributed by atoms with van der Waals surface area (Å²) < 4.78 is 1.17. The molecular weight excluding hydrogens is 162 g/mol. The minimum absolute atomic E-state index is 0.107. The Balaban J connectivity index is 3.14. The highest BCUT2D eigenvalue weighted by Crippen LogP contribution is 1.83. The highest BCUT2D eigenvalue weighted by Gasteiger charge is 1.98. The van der Waals surface area contributed by atoms with Gasteiger partial charge in [-0.15, -0.1) is 0 Å². The lowest BCUT2D eigenvalue weighted by molar-refractivity contribution is 0.244. The van der Waals surface area contributed by atoms with Crippen LogP contribution in [0.5, 0.6) is 0 Å². The van der Waals surface area contributed by atoms with Crippen molar-refractivity contribution in [3.8, 4) is 0 Å². The van der Waals surface area contributed by atoms with E-state index in [-0.39, 0.29) is 10.5 Å². The average molecular weight is 168 g/mol. The zero-order valence-electron chi connectivity index (χ0n) is 5.69. The summed E-state index contributed by atoms with van der Waals surface area (Å²) >= 11 is 4.66. The van der Waals surface area contributed by atoms with Gasteiger partial charge in [-0.3, -0.25) is 9.36 Å². The molecule has 0 bridgehead atoms. The quantitative estimate of drug-likeness (QED) is 0.571. The lowest BCUT2D eigenvalue weighted by Gasteiger charge is -2.00. The molecule has 1 radical (unpaired) electrons. The van der Waals surface area contributed by atoms with Gasteiger partial charge in [-0.2, -0.15) is 0 Å². The first-order valence-electron chi connectivity index (χ1n) is 3.04. The fourth-order valence-electron chi connectivity index (χ4n) is 0.703. The molecule has 0 aliphatic carbocycles. The molecule has 0 aliphatic heterocycles. The maximum atomic E-state index is 11.0. The van der Waals surface area contributed by atoms with Gasteiger partial charge in [0.05, 0.1) is 0 Å². The number of hydrogen-bond acceptors (Lipinski definition) is 2. The van der Waals surface area contributed by atoms with Crippen molar-refractivity contribution in [2.24, 2.45) is 0 Å². The molecule has 0 saturated heterocycles. The second-order valence-corrected chi connectivity index (χ2v) is 2.42. The number of aromatic nitrogens is 1. The van der Waals surface area contributed by atoms with Crippen molar-refractivity contribution in [3.05, 3.63) is 34.7 Å². The molecular formula is C7H6NO2S. The van der Waals surface area contributed by atoms with Crippen molar-refractivity contribution >= 4 is 17.2 Å². The monoisotopic (exact) mass is 168 g/mol. The van der Waals surface area contributed by atoms with Crippen molar-refractivity contribution in [1.82, 2.24) is 4.57 Å². The van der Waals surface area contributed by atoms with Gasteiger partial charge in [0, 0.05) is 12.3 Å². The lowest BCUT2D eigenvalue weighted by Crippen LogP contribution is -2.25. The average Bonchev–Trinajstić information content (AvgIpc) is 2.04. The summed E-state index contributed by atoms with van der Waals surface area (Å²) in [5.74, 6) is 0. The van der Waals surface area contributed by atoms with Crippen molar-refractivity contribution in [2.45, 2.75) is 0 Å². The molecule has 1 rings (SSSR count). The van der Waals surface area contributed by atoms with Crippen LogP contribution in [0.3, 0.4) is 0 Å². The van der Waals surface area contributed by atoms with Gasteiger partial charge in [-0.1, -0.05) is 18.3 Å². The van der Waals surface area contributed by atoms with Crippen LogP contribution in [0.1, 0.15) is 0 Å². The zero-order valence-corrected chi connectivity index (χ0v) is 6.50. The SMILES string of the molecule is [O]CC(=S)n1ccccc1=O. The van der Waals surface area contributed by atoms with Crippen LogP contribution in [0.2, 0.25) is 0 Å². The minimum Gasteiger partial charge on any atom is -0.276 e. The van der Waals surface area contributed by atoms with E-state index < -0.39 is 6.61 Å². The fourth-order valence-corrected chi connectivity index (χ4v) is 0.854. The molecule has 0 aliphatic rings. The van der Waals surface area contributed by atoms with Gasteiger partial charge in [0.1, 0.15) is 11.6 Å². The molecule has 3 nitrogen and oxygen atoms in total. The molecule has 1 heterocycles. The van der Waals surface area contributed by atoms with Crippen LogP contribution >= 0.6 is 12.2 Å². The first-order valence-corrected chi connectivity index (χ1v) is 3.45. The van der Waals surface area contributed by atoms with Crippen LogP contribution < -0.4 is 5.56 Å². The van der Waals surface area contributed by atoms with Gasteiger partial charge in [0.25, 0.3) is 5.56 Å². The number of pyridine rings is 1. The largest absolute Gasteiger partial charge is 0.276 e. The molecule has 0 N–H and O–H groups in total. The summed E-state index contributed by atoms with van der Waals surface area (Å²) in [5, 5.41) is 10.3. The van der Waals surface area contributed by atoms with Crippen LogP contribution in [0.15, 0.2) is 29.2 Å². The van der Waals surface area contributed by atoms with Crippen LogP contribution in [0.4, 0.5) is 0 Å². The zero-order chi connectivity index (χ0) is 8.27. The van der Waals surface area contributed by atoms with Gasteiger partial charge in [-0.05, 0) is 6.07 Å².